The first kappa shape index (κ1) is 22.1. The molecule has 0 radical (unpaired) electrons. The van der Waals surface area contributed by atoms with E-state index >= 15 is 0 Å². The zero-order chi connectivity index (χ0) is 21.1. The van der Waals surface area contributed by atoms with Crippen molar-refractivity contribution in [1.82, 2.24) is 4.90 Å². The highest BCUT2D eigenvalue weighted by molar-refractivity contribution is 8.26. The molecule has 0 bridgehead atoms. The fourth-order valence-electron chi connectivity index (χ4n) is 2.55. The molecule has 4 nitrogen and oxygen atoms in total. The van der Waals surface area contributed by atoms with E-state index < -0.39 is 0 Å². The van der Waals surface area contributed by atoms with E-state index in [-0.39, 0.29) is 34.8 Å². The molecule has 1 aliphatic rings. The topological polar surface area (TPSA) is 49.4 Å². The highest BCUT2D eigenvalue weighted by atomic mass is 35.5. The molecule has 2 aromatic rings. The number of benzene rings is 2. The van der Waals surface area contributed by atoms with Crippen LogP contribution in [0, 0.1) is 6.92 Å². The maximum atomic E-state index is 12.7. The lowest BCUT2D eigenvalue weighted by Crippen LogP contribution is -2.31. The number of halogens is 3. The van der Waals surface area contributed by atoms with Gasteiger partial charge in [0.05, 0.1) is 25.7 Å². The van der Waals surface area contributed by atoms with Gasteiger partial charge in [0.25, 0.3) is 5.91 Å². The van der Waals surface area contributed by atoms with Crippen molar-refractivity contribution in [2.45, 2.75) is 13.3 Å². The van der Waals surface area contributed by atoms with E-state index in [9.17, 15) is 9.59 Å². The minimum atomic E-state index is -0.318. The molecule has 9 heteroatoms. The van der Waals surface area contributed by atoms with Crippen LogP contribution in [0.3, 0.4) is 0 Å². The molecule has 0 aliphatic carbocycles. The number of thiocarbonyl (C=S) groups is 1. The van der Waals surface area contributed by atoms with Crippen molar-refractivity contribution in [3.63, 3.8) is 0 Å². The van der Waals surface area contributed by atoms with Crippen LogP contribution >= 0.6 is 58.8 Å². The van der Waals surface area contributed by atoms with Crippen molar-refractivity contribution in [3.8, 4) is 0 Å². The molecule has 1 heterocycles. The minimum Gasteiger partial charge on any atom is -0.325 e. The van der Waals surface area contributed by atoms with E-state index in [0.29, 0.717) is 19.9 Å². The molecule has 3 rings (SSSR count). The first-order valence-corrected chi connectivity index (χ1v) is 10.9. The first-order chi connectivity index (χ1) is 13.7. The molecule has 1 aliphatic heterocycles. The van der Waals surface area contributed by atoms with Gasteiger partial charge in [-0.2, -0.15) is 0 Å². The van der Waals surface area contributed by atoms with Gasteiger partial charge in [0.2, 0.25) is 5.91 Å². The van der Waals surface area contributed by atoms with Gasteiger partial charge in [-0.15, -0.1) is 0 Å². The van der Waals surface area contributed by atoms with E-state index in [2.05, 4.69) is 5.32 Å². The summed E-state index contributed by atoms with van der Waals surface area (Å²) in [5, 5.41) is 3.53. The Hall–Kier alpha value is -1.57. The number of carbonyl (C=O) groups excluding carboxylic acids is 2. The van der Waals surface area contributed by atoms with Gasteiger partial charge < -0.3 is 5.32 Å². The van der Waals surface area contributed by atoms with E-state index in [1.165, 1.54) is 28.8 Å². The molecular formula is C20H15Cl3N2O2S2. The number of thioether (sulfide) groups is 1. The van der Waals surface area contributed by atoms with Crippen LogP contribution in [0.2, 0.25) is 15.1 Å². The van der Waals surface area contributed by atoms with E-state index in [1.807, 2.05) is 31.2 Å². The fraction of sp³-hybridized carbons (Fsp3) is 0.150. The highest BCUT2D eigenvalue weighted by Crippen LogP contribution is 2.34. The Balaban J connectivity index is 1.62. The van der Waals surface area contributed by atoms with E-state index in [1.54, 1.807) is 6.08 Å². The second kappa shape index (κ2) is 9.49. The number of rotatable bonds is 5. The zero-order valence-corrected chi connectivity index (χ0v) is 19.1. The Morgan fingerprint density at radius 1 is 1.14 bits per heavy atom. The van der Waals surface area contributed by atoms with Crippen LogP contribution in [0.4, 0.5) is 5.69 Å². The Labute approximate surface area is 193 Å². The molecule has 1 N–H and O–H groups in total. The Kier molecular flexibility index (Phi) is 7.24. The van der Waals surface area contributed by atoms with Gasteiger partial charge in [-0.05, 0) is 30.7 Å². The van der Waals surface area contributed by atoms with Gasteiger partial charge in [-0.3, -0.25) is 14.5 Å². The van der Waals surface area contributed by atoms with Crippen LogP contribution in [-0.2, 0) is 9.59 Å². The molecule has 0 atom stereocenters. The van der Waals surface area contributed by atoms with Crippen LogP contribution in [0.15, 0.2) is 41.3 Å². The quantitative estimate of drug-likeness (QED) is 0.312. The van der Waals surface area contributed by atoms with Gasteiger partial charge >= 0.3 is 0 Å². The summed E-state index contributed by atoms with van der Waals surface area (Å²) in [6.45, 7) is 2.17. The lowest BCUT2D eigenvalue weighted by molar-refractivity contribution is -0.122. The van der Waals surface area contributed by atoms with Crippen LogP contribution in [-0.4, -0.2) is 27.6 Å². The number of anilines is 1. The molecule has 1 saturated heterocycles. The monoisotopic (exact) mass is 484 g/mol. The van der Waals surface area contributed by atoms with Gasteiger partial charge in [-0.25, -0.2) is 0 Å². The molecule has 2 aromatic carbocycles. The predicted octanol–water partition coefficient (Wildman–Crippen LogP) is 6.19. The minimum absolute atomic E-state index is 0.0564. The van der Waals surface area contributed by atoms with Crippen molar-refractivity contribution < 1.29 is 9.59 Å². The summed E-state index contributed by atoms with van der Waals surface area (Å²) in [5.41, 5.74) is 2.42. The fourth-order valence-corrected chi connectivity index (χ4v) is 4.45. The summed E-state index contributed by atoms with van der Waals surface area (Å²) in [4.78, 5) is 26.9. The normalized spacial score (nSPS) is 15.3. The van der Waals surface area contributed by atoms with Crippen molar-refractivity contribution in [3.05, 3.63) is 67.5 Å². The van der Waals surface area contributed by atoms with Gasteiger partial charge in [0.1, 0.15) is 4.32 Å². The van der Waals surface area contributed by atoms with Crippen molar-refractivity contribution >= 4 is 86.7 Å². The number of nitrogens with zero attached hydrogens (tertiary/aromatic N) is 1. The Bertz CT molecular complexity index is 1020. The second-order valence-corrected chi connectivity index (χ2v) is 9.19. The summed E-state index contributed by atoms with van der Waals surface area (Å²) in [7, 11) is 0. The summed E-state index contributed by atoms with van der Waals surface area (Å²) in [5.74, 6) is -0.525. The molecule has 2 amide bonds. The Morgan fingerprint density at radius 3 is 2.48 bits per heavy atom. The molecule has 0 aromatic heterocycles. The number of nitrogens with one attached hydrogen (secondary N) is 1. The maximum Gasteiger partial charge on any atom is 0.266 e. The number of carbonyl (C=O) groups is 2. The smallest absolute Gasteiger partial charge is 0.266 e. The SMILES string of the molecule is Cc1ccc(/C=C2/SC(=S)N(CCC(=O)Nc3cc(Cl)c(Cl)cc3Cl)C2=O)cc1. The average molecular weight is 486 g/mol. The lowest BCUT2D eigenvalue weighted by atomic mass is 10.1. The van der Waals surface area contributed by atoms with Crippen molar-refractivity contribution in [2.24, 2.45) is 0 Å². The predicted molar refractivity (Wildman–Crippen MR) is 126 cm³/mol. The molecule has 29 heavy (non-hydrogen) atoms. The number of amides is 2. The highest BCUT2D eigenvalue weighted by Gasteiger charge is 2.32. The van der Waals surface area contributed by atoms with Crippen LogP contribution < -0.4 is 5.32 Å². The molecule has 0 unspecified atom stereocenters. The van der Waals surface area contributed by atoms with Crippen LogP contribution in [0.25, 0.3) is 6.08 Å². The second-order valence-electron chi connectivity index (χ2n) is 6.29. The van der Waals surface area contributed by atoms with Crippen molar-refractivity contribution in [2.75, 3.05) is 11.9 Å². The lowest BCUT2D eigenvalue weighted by Gasteiger charge is -2.14. The first-order valence-electron chi connectivity index (χ1n) is 8.51. The summed E-state index contributed by atoms with van der Waals surface area (Å²) < 4.78 is 0.425. The third-order valence-corrected chi connectivity index (χ3v) is 6.51. The summed E-state index contributed by atoms with van der Waals surface area (Å²) >= 11 is 24.4. The van der Waals surface area contributed by atoms with Gasteiger partial charge in [0, 0.05) is 13.0 Å². The van der Waals surface area contributed by atoms with Crippen molar-refractivity contribution in [1.29, 1.82) is 0 Å². The van der Waals surface area contributed by atoms with Gasteiger partial charge in [0.15, 0.2) is 0 Å². The summed E-state index contributed by atoms with van der Waals surface area (Å²) in [6, 6.07) is 10.8. The Morgan fingerprint density at radius 2 is 1.79 bits per heavy atom. The number of hydrogen-bond acceptors (Lipinski definition) is 4. The standard InChI is InChI=1S/C20H15Cl3N2O2S2/c1-11-2-4-12(5-3-11)8-17-19(27)25(20(28)29-17)7-6-18(26)24-16-10-14(22)13(21)9-15(16)23/h2-5,8-10H,6-7H2,1H3,(H,24,26)/b17-8+. The van der Waals surface area contributed by atoms with Crippen LogP contribution in [0.5, 0.6) is 0 Å². The largest absolute Gasteiger partial charge is 0.325 e. The summed E-state index contributed by atoms with van der Waals surface area (Å²) in [6.07, 6.45) is 1.86. The number of aryl methyl sites for hydroxylation is 1. The molecule has 1 fully saturated rings. The van der Waals surface area contributed by atoms with E-state index in [4.69, 9.17) is 47.0 Å². The maximum absolute atomic E-state index is 12.7. The number of hydrogen-bond donors (Lipinski definition) is 1. The molecular weight excluding hydrogens is 471 g/mol. The van der Waals surface area contributed by atoms with Gasteiger partial charge in [-0.1, -0.05) is 88.6 Å². The molecule has 0 spiro atoms. The van der Waals surface area contributed by atoms with Crippen LogP contribution in [0.1, 0.15) is 17.5 Å². The third kappa shape index (κ3) is 5.53. The van der Waals surface area contributed by atoms with E-state index in [0.717, 1.165) is 11.1 Å². The zero-order valence-electron chi connectivity index (χ0n) is 15.2. The third-order valence-electron chi connectivity index (χ3n) is 4.10. The molecule has 150 valence electrons. The average Bonchev–Trinajstić information content (AvgIpc) is 2.93. The molecule has 0 saturated carbocycles.